The molecule has 0 radical (unpaired) electrons. The first-order valence-electron chi connectivity index (χ1n) is 9.64. The lowest BCUT2D eigenvalue weighted by Crippen LogP contribution is -2.48. The third-order valence-corrected chi connectivity index (χ3v) is 5.10. The summed E-state index contributed by atoms with van der Waals surface area (Å²) in [5, 5.41) is 7.12. The molecule has 2 atom stereocenters. The number of aliphatic carboxylic acids is 1. The van der Waals surface area contributed by atoms with E-state index in [0.29, 0.717) is 31.4 Å². The fraction of sp³-hybridized carbons (Fsp3) is 0.286. The van der Waals surface area contributed by atoms with Crippen LogP contribution in [0.4, 0.5) is 32.2 Å². The number of rotatable bonds is 2. The number of nitrogens with zero attached hydrogens (tertiary/aromatic N) is 3. The molecule has 0 saturated carbocycles. The van der Waals surface area contributed by atoms with Crippen LogP contribution in [-0.2, 0) is 4.79 Å². The first kappa shape index (κ1) is 24.2. The summed E-state index contributed by atoms with van der Waals surface area (Å²) in [4.78, 5) is 19.9. The second kappa shape index (κ2) is 9.61. The van der Waals surface area contributed by atoms with Gasteiger partial charge in [0.05, 0.1) is 17.2 Å². The first-order chi connectivity index (χ1) is 15.5. The van der Waals surface area contributed by atoms with Gasteiger partial charge in [0, 0.05) is 31.1 Å². The maximum Gasteiger partial charge on any atom is 0.490 e. The van der Waals surface area contributed by atoms with Gasteiger partial charge in [0.2, 0.25) is 0 Å². The van der Waals surface area contributed by atoms with Gasteiger partial charge in [0.15, 0.2) is 11.6 Å². The number of alkyl halides is 3. The van der Waals surface area contributed by atoms with Gasteiger partial charge in [0.25, 0.3) is 0 Å². The molecule has 2 aromatic carbocycles. The van der Waals surface area contributed by atoms with Gasteiger partial charge in [-0.3, -0.25) is 4.98 Å². The third-order valence-electron chi connectivity index (χ3n) is 5.10. The van der Waals surface area contributed by atoms with Crippen LogP contribution < -0.4 is 10.6 Å². The number of hydrogen-bond acceptors (Lipinski definition) is 5. The average molecular weight is 472 g/mol. The van der Waals surface area contributed by atoms with Crippen LogP contribution in [0, 0.1) is 17.5 Å². The van der Waals surface area contributed by atoms with E-state index >= 15 is 0 Å². The van der Waals surface area contributed by atoms with Gasteiger partial charge in [-0.1, -0.05) is 12.1 Å². The predicted octanol–water partition coefficient (Wildman–Crippen LogP) is 4.00. The predicted molar refractivity (Wildman–Crippen MR) is 107 cm³/mol. The summed E-state index contributed by atoms with van der Waals surface area (Å²) >= 11 is 0. The summed E-state index contributed by atoms with van der Waals surface area (Å²) in [6, 6.07) is 8.63. The van der Waals surface area contributed by atoms with E-state index in [9.17, 15) is 26.3 Å². The first-order valence-corrected chi connectivity index (χ1v) is 9.64. The number of carboxylic acids is 1. The van der Waals surface area contributed by atoms with Crippen molar-refractivity contribution in [3.05, 3.63) is 65.6 Å². The van der Waals surface area contributed by atoms with Crippen LogP contribution >= 0.6 is 0 Å². The number of benzene rings is 2. The van der Waals surface area contributed by atoms with Crippen molar-refractivity contribution in [2.45, 2.75) is 24.6 Å². The standard InChI is InChI=1S/C19H17F3N4.C2HF3O2/c20-13-8-15(22)14(21)7-12(13)11-5-6-26(10-16(11)23)19-9-24-17-3-1-2-4-18(17)25-19;3-2(4,5)1(6)7/h1-4,7-9,11,16H,5-6,10,23H2;(H,6,7)/t11-,16+;/m1./s1. The molecule has 0 aliphatic carbocycles. The molecule has 0 amide bonds. The van der Waals surface area contributed by atoms with Crippen LogP contribution in [0.25, 0.3) is 11.0 Å². The fourth-order valence-electron chi connectivity index (χ4n) is 3.50. The number of carbonyl (C=O) groups is 1. The van der Waals surface area contributed by atoms with Crippen molar-refractivity contribution < 1.29 is 36.2 Å². The monoisotopic (exact) mass is 472 g/mol. The summed E-state index contributed by atoms with van der Waals surface area (Å²) in [6.45, 7) is 1.000. The Morgan fingerprint density at radius 2 is 1.67 bits per heavy atom. The Labute approximate surface area is 183 Å². The molecule has 1 aliphatic heterocycles. The van der Waals surface area contributed by atoms with E-state index in [0.717, 1.165) is 17.1 Å². The number of halogens is 6. The number of para-hydroxylation sites is 2. The number of hydrogen-bond donors (Lipinski definition) is 2. The number of aromatic nitrogens is 2. The molecule has 3 aromatic rings. The van der Waals surface area contributed by atoms with E-state index in [2.05, 4.69) is 9.97 Å². The van der Waals surface area contributed by atoms with Crippen molar-refractivity contribution >= 4 is 22.8 Å². The van der Waals surface area contributed by atoms with Crippen molar-refractivity contribution in [1.29, 1.82) is 0 Å². The number of anilines is 1. The quantitative estimate of drug-likeness (QED) is 0.433. The zero-order valence-electron chi connectivity index (χ0n) is 16.9. The maximum atomic E-state index is 14.1. The van der Waals surface area contributed by atoms with E-state index in [1.165, 1.54) is 0 Å². The zero-order valence-corrected chi connectivity index (χ0v) is 16.9. The van der Waals surface area contributed by atoms with Crippen molar-refractivity contribution in [2.75, 3.05) is 18.0 Å². The Balaban J connectivity index is 0.000000383. The second-order valence-electron chi connectivity index (χ2n) is 7.31. The maximum absolute atomic E-state index is 14.1. The van der Waals surface area contributed by atoms with E-state index < -0.39 is 35.6 Å². The summed E-state index contributed by atoms with van der Waals surface area (Å²) in [5.41, 5.74) is 7.95. The minimum Gasteiger partial charge on any atom is -0.475 e. The molecule has 1 aliphatic rings. The highest BCUT2D eigenvalue weighted by Crippen LogP contribution is 2.32. The number of carboxylic acid groups (broad SMARTS) is 1. The van der Waals surface area contributed by atoms with Crippen LogP contribution in [-0.4, -0.2) is 46.4 Å². The Hall–Kier alpha value is -3.41. The molecule has 0 unspecified atom stereocenters. The Kier molecular flexibility index (Phi) is 7.06. The number of nitrogens with two attached hydrogens (primary N) is 1. The third kappa shape index (κ3) is 5.69. The summed E-state index contributed by atoms with van der Waals surface area (Å²) in [7, 11) is 0. The average Bonchev–Trinajstić information content (AvgIpc) is 2.76. The molecule has 0 bridgehead atoms. The van der Waals surface area contributed by atoms with Gasteiger partial charge >= 0.3 is 12.1 Å². The van der Waals surface area contributed by atoms with E-state index in [1.54, 1.807) is 6.20 Å². The minimum atomic E-state index is -5.08. The Morgan fingerprint density at radius 1 is 1.06 bits per heavy atom. The van der Waals surface area contributed by atoms with Crippen LogP contribution in [0.2, 0.25) is 0 Å². The molecule has 12 heteroatoms. The van der Waals surface area contributed by atoms with E-state index in [1.807, 2.05) is 29.2 Å². The molecule has 1 aromatic heterocycles. The van der Waals surface area contributed by atoms with Crippen LogP contribution in [0.5, 0.6) is 0 Å². The Morgan fingerprint density at radius 3 is 2.27 bits per heavy atom. The van der Waals surface area contributed by atoms with Crippen molar-refractivity contribution in [3.8, 4) is 0 Å². The molecule has 33 heavy (non-hydrogen) atoms. The van der Waals surface area contributed by atoms with E-state index in [4.69, 9.17) is 15.6 Å². The molecule has 2 heterocycles. The SMILES string of the molecule is N[C@H]1CN(c2cnc3ccccc3n2)CC[C@@H]1c1cc(F)c(F)cc1F.O=C(O)C(F)(F)F. The number of piperidine rings is 1. The molecule has 3 N–H and O–H groups in total. The molecule has 6 nitrogen and oxygen atoms in total. The highest BCUT2D eigenvalue weighted by molar-refractivity contribution is 5.75. The lowest BCUT2D eigenvalue weighted by atomic mass is 9.85. The summed E-state index contributed by atoms with van der Waals surface area (Å²) in [6.07, 6.45) is -2.88. The largest absolute Gasteiger partial charge is 0.490 e. The van der Waals surface area contributed by atoms with Gasteiger partial charge in [-0.2, -0.15) is 13.2 Å². The zero-order chi connectivity index (χ0) is 24.3. The fourth-order valence-corrected chi connectivity index (χ4v) is 3.50. The molecule has 176 valence electrons. The van der Waals surface area contributed by atoms with Gasteiger partial charge < -0.3 is 15.7 Å². The molecular weight excluding hydrogens is 454 g/mol. The lowest BCUT2D eigenvalue weighted by molar-refractivity contribution is -0.192. The second-order valence-corrected chi connectivity index (χ2v) is 7.31. The topological polar surface area (TPSA) is 92.3 Å². The van der Waals surface area contributed by atoms with Gasteiger partial charge in [-0.15, -0.1) is 0 Å². The van der Waals surface area contributed by atoms with Crippen LogP contribution in [0.1, 0.15) is 17.9 Å². The molecule has 0 spiro atoms. The molecule has 4 rings (SSSR count). The summed E-state index contributed by atoms with van der Waals surface area (Å²) < 4.78 is 72.5. The summed E-state index contributed by atoms with van der Waals surface area (Å²) in [5.74, 6) is -5.45. The molecule has 1 saturated heterocycles. The Bertz CT molecular complexity index is 1160. The van der Waals surface area contributed by atoms with E-state index in [-0.39, 0.29) is 11.5 Å². The minimum absolute atomic E-state index is 0.126. The van der Waals surface area contributed by atoms with Crippen LogP contribution in [0.3, 0.4) is 0 Å². The van der Waals surface area contributed by atoms with Crippen LogP contribution in [0.15, 0.2) is 42.6 Å². The molecular formula is C21H18F6N4O2. The highest BCUT2D eigenvalue weighted by atomic mass is 19.4. The van der Waals surface area contributed by atoms with Gasteiger partial charge in [-0.05, 0) is 30.2 Å². The normalized spacial score (nSPS) is 18.6. The van der Waals surface area contributed by atoms with Crippen molar-refractivity contribution in [2.24, 2.45) is 5.73 Å². The van der Waals surface area contributed by atoms with Crippen molar-refractivity contribution in [1.82, 2.24) is 9.97 Å². The van der Waals surface area contributed by atoms with Crippen molar-refractivity contribution in [3.63, 3.8) is 0 Å². The smallest absolute Gasteiger partial charge is 0.475 e. The number of fused-ring (bicyclic) bond motifs is 1. The molecule has 1 fully saturated rings. The highest BCUT2D eigenvalue weighted by Gasteiger charge is 2.38. The lowest BCUT2D eigenvalue weighted by Gasteiger charge is -2.37. The van der Waals surface area contributed by atoms with Gasteiger partial charge in [-0.25, -0.2) is 22.9 Å². The van der Waals surface area contributed by atoms with Gasteiger partial charge in [0.1, 0.15) is 11.6 Å².